The number of hydrogen-bond acceptors (Lipinski definition) is 2. The Morgan fingerprint density at radius 2 is 2.22 bits per heavy atom. The van der Waals surface area contributed by atoms with Crippen LogP contribution in [-0.4, -0.2) is 16.1 Å². The zero-order valence-electron chi connectivity index (χ0n) is 10.4. The van der Waals surface area contributed by atoms with E-state index in [0.717, 1.165) is 42.3 Å². The molecule has 0 unspecified atom stereocenters. The Labute approximate surface area is 112 Å². The van der Waals surface area contributed by atoms with Gasteiger partial charge in [0.1, 0.15) is 5.82 Å². The first-order valence-electron chi connectivity index (χ1n) is 6.23. The number of aromatic nitrogens is 2. The Morgan fingerprint density at radius 1 is 1.39 bits per heavy atom. The molecule has 1 aromatic heterocycles. The molecule has 1 aliphatic heterocycles. The quantitative estimate of drug-likeness (QED) is 0.899. The summed E-state index contributed by atoms with van der Waals surface area (Å²) in [7, 11) is 2.10. The molecule has 3 nitrogen and oxygen atoms in total. The molecule has 0 bridgehead atoms. The smallest absolute Gasteiger partial charge is 0.113 e. The van der Waals surface area contributed by atoms with Crippen molar-refractivity contribution in [3.8, 4) is 0 Å². The van der Waals surface area contributed by atoms with E-state index in [9.17, 15) is 0 Å². The summed E-state index contributed by atoms with van der Waals surface area (Å²) in [5, 5.41) is 4.17. The predicted octanol–water partition coefficient (Wildman–Crippen LogP) is 2.31. The van der Waals surface area contributed by atoms with Gasteiger partial charge in [0.25, 0.3) is 0 Å². The first-order chi connectivity index (χ1) is 8.75. The highest BCUT2D eigenvalue weighted by atomic mass is 35.5. The van der Waals surface area contributed by atoms with Crippen molar-refractivity contribution in [3.05, 3.63) is 52.1 Å². The van der Waals surface area contributed by atoms with Crippen LogP contribution < -0.4 is 5.32 Å². The maximum atomic E-state index is 6.20. The van der Waals surface area contributed by atoms with E-state index in [0.29, 0.717) is 0 Å². The largest absolute Gasteiger partial charge is 0.334 e. The summed E-state index contributed by atoms with van der Waals surface area (Å²) >= 11 is 6.20. The first-order valence-corrected chi connectivity index (χ1v) is 6.61. The van der Waals surface area contributed by atoms with Crippen LogP contribution in [0.25, 0.3) is 0 Å². The molecule has 18 heavy (non-hydrogen) atoms. The van der Waals surface area contributed by atoms with E-state index in [1.807, 2.05) is 18.2 Å². The summed E-state index contributed by atoms with van der Waals surface area (Å²) in [6, 6.07) is 7.97. The third-order valence-corrected chi connectivity index (χ3v) is 3.90. The van der Waals surface area contributed by atoms with Gasteiger partial charge in [0.2, 0.25) is 0 Å². The summed E-state index contributed by atoms with van der Waals surface area (Å²) in [5.74, 6) is 1.09. The number of nitrogens with zero attached hydrogens (tertiary/aromatic N) is 2. The van der Waals surface area contributed by atoms with Crippen LogP contribution in [0.4, 0.5) is 0 Å². The van der Waals surface area contributed by atoms with Gasteiger partial charge in [-0.25, -0.2) is 4.98 Å². The van der Waals surface area contributed by atoms with E-state index in [1.165, 1.54) is 11.4 Å². The predicted molar refractivity (Wildman–Crippen MR) is 72.9 cm³/mol. The van der Waals surface area contributed by atoms with E-state index >= 15 is 0 Å². The van der Waals surface area contributed by atoms with Crippen molar-refractivity contribution >= 4 is 11.6 Å². The van der Waals surface area contributed by atoms with Gasteiger partial charge in [0.05, 0.1) is 5.69 Å². The van der Waals surface area contributed by atoms with E-state index in [-0.39, 0.29) is 0 Å². The van der Waals surface area contributed by atoms with E-state index in [4.69, 9.17) is 16.6 Å². The minimum atomic E-state index is 0.795. The second-order valence-corrected chi connectivity index (χ2v) is 5.08. The molecular weight excluding hydrogens is 246 g/mol. The molecule has 0 aliphatic carbocycles. The summed E-state index contributed by atoms with van der Waals surface area (Å²) in [6.07, 6.45) is 1.85. The lowest BCUT2D eigenvalue weighted by molar-refractivity contribution is 0.610. The average Bonchev–Trinajstić information content (AvgIpc) is 2.70. The summed E-state index contributed by atoms with van der Waals surface area (Å²) in [4.78, 5) is 4.73. The maximum absolute atomic E-state index is 6.20. The molecule has 0 saturated heterocycles. The van der Waals surface area contributed by atoms with Gasteiger partial charge in [-0.2, -0.15) is 0 Å². The number of rotatable bonds is 2. The molecule has 3 rings (SSSR count). The van der Waals surface area contributed by atoms with Gasteiger partial charge in [0, 0.05) is 43.7 Å². The number of fused-ring (bicyclic) bond motifs is 1. The van der Waals surface area contributed by atoms with Crippen LogP contribution in [-0.2, 0) is 26.4 Å². The zero-order valence-corrected chi connectivity index (χ0v) is 11.2. The third-order valence-electron chi connectivity index (χ3n) is 3.53. The summed E-state index contributed by atoms with van der Waals surface area (Å²) in [5.41, 5.74) is 3.68. The summed E-state index contributed by atoms with van der Waals surface area (Å²) in [6.45, 7) is 1.92. The zero-order chi connectivity index (χ0) is 12.5. The average molecular weight is 262 g/mol. The Morgan fingerprint density at radius 3 is 3.00 bits per heavy atom. The molecule has 0 spiro atoms. The number of benzene rings is 1. The van der Waals surface area contributed by atoms with Crippen molar-refractivity contribution in [2.24, 2.45) is 7.05 Å². The van der Waals surface area contributed by atoms with Crippen molar-refractivity contribution in [1.29, 1.82) is 0 Å². The molecule has 0 radical (unpaired) electrons. The molecule has 94 valence electrons. The van der Waals surface area contributed by atoms with E-state index < -0.39 is 0 Å². The van der Waals surface area contributed by atoms with Crippen LogP contribution in [0.15, 0.2) is 24.3 Å². The molecular formula is C14H16ClN3. The third kappa shape index (κ3) is 2.04. The fraction of sp³-hybridized carbons (Fsp3) is 0.357. The Bertz CT molecular complexity index is 574. The first kappa shape index (κ1) is 11.8. The molecule has 2 aromatic rings. The monoisotopic (exact) mass is 261 g/mol. The molecule has 1 aromatic carbocycles. The number of nitrogens with one attached hydrogen (secondary N) is 1. The fourth-order valence-corrected chi connectivity index (χ4v) is 2.68. The van der Waals surface area contributed by atoms with E-state index in [2.05, 4.69) is 23.0 Å². The van der Waals surface area contributed by atoms with Crippen molar-refractivity contribution in [2.75, 3.05) is 6.54 Å². The summed E-state index contributed by atoms with van der Waals surface area (Å²) < 4.78 is 2.22. The van der Waals surface area contributed by atoms with E-state index in [1.54, 1.807) is 0 Å². The van der Waals surface area contributed by atoms with Gasteiger partial charge in [-0.15, -0.1) is 0 Å². The van der Waals surface area contributed by atoms with Gasteiger partial charge in [-0.1, -0.05) is 29.8 Å². The topological polar surface area (TPSA) is 29.9 Å². The Balaban J connectivity index is 1.94. The minimum Gasteiger partial charge on any atom is -0.334 e. The van der Waals surface area contributed by atoms with Crippen LogP contribution in [0, 0.1) is 0 Å². The van der Waals surface area contributed by atoms with Gasteiger partial charge in [-0.05, 0) is 11.6 Å². The Hall–Kier alpha value is -1.32. The lowest BCUT2D eigenvalue weighted by Crippen LogP contribution is -2.24. The lowest BCUT2D eigenvalue weighted by atomic mass is 10.1. The highest BCUT2D eigenvalue weighted by Crippen LogP contribution is 2.21. The molecule has 2 heterocycles. The Kier molecular flexibility index (Phi) is 3.10. The minimum absolute atomic E-state index is 0.795. The van der Waals surface area contributed by atoms with Crippen LogP contribution in [0.1, 0.15) is 22.8 Å². The normalized spacial score (nSPS) is 14.6. The molecule has 0 amide bonds. The molecule has 1 aliphatic rings. The lowest BCUT2D eigenvalue weighted by Gasteiger charge is -2.13. The van der Waals surface area contributed by atoms with Crippen LogP contribution in [0.2, 0.25) is 5.02 Å². The standard InChI is InChI=1S/C14H16ClN3/c1-18-13-6-7-16-9-12(13)17-14(18)8-10-4-2-3-5-11(10)15/h2-5,16H,6-9H2,1H3. The van der Waals surface area contributed by atoms with Crippen LogP contribution in [0.5, 0.6) is 0 Å². The molecule has 0 atom stereocenters. The molecule has 0 fully saturated rings. The molecule has 0 saturated carbocycles. The number of imidazole rings is 1. The fourth-order valence-electron chi connectivity index (χ4n) is 2.48. The second-order valence-electron chi connectivity index (χ2n) is 4.68. The van der Waals surface area contributed by atoms with Gasteiger partial charge in [-0.3, -0.25) is 0 Å². The highest BCUT2D eigenvalue weighted by molar-refractivity contribution is 6.31. The van der Waals surface area contributed by atoms with Crippen molar-refractivity contribution in [1.82, 2.24) is 14.9 Å². The number of halogens is 1. The van der Waals surface area contributed by atoms with Crippen molar-refractivity contribution < 1.29 is 0 Å². The molecule has 1 N–H and O–H groups in total. The van der Waals surface area contributed by atoms with Crippen LogP contribution >= 0.6 is 11.6 Å². The van der Waals surface area contributed by atoms with Crippen molar-refractivity contribution in [3.63, 3.8) is 0 Å². The van der Waals surface area contributed by atoms with Gasteiger partial charge in [0.15, 0.2) is 0 Å². The maximum Gasteiger partial charge on any atom is 0.113 e. The van der Waals surface area contributed by atoms with Gasteiger partial charge < -0.3 is 9.88 Å². The highest BCUT2D eigenvalue weighted by Gasteiger charge is 2.17. The second kappa shape index (κ2) is 4.75. The van der Waals surface area contributed by atoms with Crippen LogP contribution in [0.3, 0.4) is 0 Å². The van der Waals surface area contributed by atoms with Gasteiger partial charge >= 0.3 is 0 Å². The van der Waals surface area contributed by atoms with Crippen molar-refractivity contribution in [2.45, 2.75) is 19.4 Å². The molecule has 4 heteroatoms. The SMILES string of the molecule is Cn1c(Cc2ccccc2Cl)nc2c1CCNC2. The number of hydrogen-bond donors (Lipinski definition) is 1.